The van der Waals surface area contributed by atoms with Crippen molar-refractivity contribution in [2.75, 3.05) is 0 Å². The molecule has 0 spiro atoms. The topological polar surface area (TPSA) is 73.2 Å². The van der Waals surface area contributed by atoms with E-state index in [4.69, 9.17) is 5.26 Å². The standard InChI is InChI=1S/C20H15N5/c1-15-2-6-17(7-3-15)22-24-19-10-12-20(13-11-19)25-23-18-8-4-16(14-21)5-9-18/h2-13H,1H3. The maximum Gasteiger partial charge on any atom is 0.0991 e. The Morgan fingerprint density at radius 1 is 0.560 bits per heavy atom. The van der Waals surface area contributed by atoms with Crippen LogP contribution in [0, 0.1) is 18.3 Å². The predicted molar refractivity (Wildman–Crippen MR) is 97.1 cm³/mol. The van der Waals surface area contributed by atoms with Crippen LogP contribution < -0.4 is 0 Å². The van der Waals surface area contributed by atoms with Crippen LogP contribution >= 0.6 is 0 Å². The fourth-order valence-electron chi connectivity index (χ4n) is 2.03. The summed E-state index contributed by atoms with van der Waals surface area (Å²) in [7, 11) is 0. The third-order valence-corrected chi connectivity index (χ3v) is 3.44. The molecule has 0 atom stereocenters. The fraction of sp³-hybridized carbons (Fsp3) is 0.0500. The third kappa shape index (κ3) is 4.66. The summed E-state index contributed by atoms with van der Waals surface area (Å²) < 4.78 is 0. The molecule has 0 saturated carbocycles. The van der Waals surface area contributed by atoms with Gasteiger partial charge in [-0.25, -0.2) is 0 Å². The number of aryl methyl sites for hydroxylation is 1. The van der Waals surface area contributed by atoms with Crippen molar-refractivity contribution in [2.24, 2.45) is 20.5 Å². The molecule has 3 rings (SSSR count). The van der Waals surface area contributed by atoms with Gasteiger partial charge in [-0.3, -0.25) is 0 Å². The lowest BCUT2D eigenvalue weighted by atomic mass is 10.2. The second kappa shape index (κ2) is 7.75. The van der Waals surface area contributed by atoms with Gasteiger partial charge in [0.1, 0.15) is 0 Å². The Labute approximate surface area is 146 Å². The van der Waals surface area contributed by atoms with Gasteiger partial charge in [0.25, 0.3) is 0 Å². The minimum atomic E-state index is 0.599. The molecule has 3 aromatic rings. The number of nitrogens with zero attached hydrogens (tertiary/aromatic N) is 5. The first-order chi connectivity index (χ1) is 12.2. The van der Waals surface area contributed by atoms with Crippen molar-refractivity contribution in [3.8, 4) is 6.07 Å². The molecule has 0 saturated heterocycles. The number of hydrogen-bond donors (Lipinski definition) is 0. The number of rotatable bonds is 4. The molecule has 0 aliphatic carbocycles. The van der Waals surface area contributed by atoms with E-state index in [2.05, 4.69) is 26.5 Å². The minimum Gasteiger partial charge on any atom is -0.192 e. The van der Waals surface area contributed by atoms with Gasteiger partial charge in [0.2, 0.25) is 0 Å². The van der Waals surface area contributed by atoms with Crippen molar-refractivity contribution < 1.29 is 0 Å². The first-order valence-electron chi connectivity index (χ1n) is 7.73. The summed E-state index contributed by atoms with van der Waals surface area (Å²) in [5, 5.41) is 25.5. The monoisotopic (exact) mass is 325 g/mol. The molecule has 0 amide bonds. The van der Waals surface area contributed by atoms with E-state index in [1.165, 1.54) is 5.56 Å². The Bertz CT molecular complexity index is 931. The Kier molecular flexibility index (Phi) is 5.03. The molecule has 0 aromatic heterocycles. The molecule has 25 heavy (non-hydrogen) atoms. The summed E-state index contributed by atoms with van der Waals surface area (Å²) in [5.41, 5.74) is 4.77. The Hall–Kier alpha value is -3.65. The van der Waals surface area contributed by atoms with E-state index in [0.717, 1.165) is 17.1 Å². The molecule has 0 radical (unpaired) electrons. The van der Waals surface area contributed by atoms with Gasteiger partial charge < -0.3 is 0 Å². The van der Waals surface area contributed by atoms with Gasteiger partial charge in [-0.05, 0) is 67.6 Å². The molecule has 0 N–H and O–H groups in total. The fourth-order valence-corrected chi connectivity index (χ4v) is 2.03. The highest BCUT2D eigenvalue weighted by atomic mass is 15.1. The van der Waals surface area contributed by atoms with E-state index in [1.807, 2.05) is 55.5 Å². The van der Waals surface area contributed by atoms with Crippen molar-refractivity contribution >= 4 is 22.7 Å². The van der Waals surface area contributed by atoms with Gasteiger partial charge in [-0.15, -0.1) is 0 Å². The highest BCUT2D eigenvalue weighted by molar-refractivity contribution is 5.48. The molecular formula is C20H15N5. The molecule has 5 heteroatoms. The molecule has 0 heterocycles. The smallest absolute Gasteiger partial charge is 0.0991 e. The van der Waals surface area contributed by atoms with E-state index in [-0.39, 0.29) is 0 Å². The molecular weight excluding hydrogens is 310 g/mol. The Morgan fingerprint density at radius 3 is 1.24 bits per heavy atom. The normalized spacial score (nSPS) is 11.0. The molecule has 3 aromatic carbocycles. The van der Waals surface area contributed by atoms with Crippen molar-refractivity contribution in [3.05, 3.63) is 83.9 Å². The lowest BCUT2D eigenvalue weighted by Crippen LogP contribution is -1.70. The number of azo groups is 2. The number of benzene rings is 3. The van der Waals surface area contributed by atoms with Gasteiger partial charge in [0.15, 0.2) is 0 Å². The first-order valence-corrected chi connectivity index (χ1v) is 7.73. The zero-order valence-corrected chi connectivity index (χ0v) is 13.7. The first kappa shape index (κ1) is 16.2. The quantitative estimate of drug-likeness (QED) is 0.492. The summed E-state index contributed by atoms with van der Waals surface area (Å²) in [5.74, 6) is 0. The van der Waals surface area contributed by atoms with Crippen LogP contribution in [0.2, 0.25) is 0 Å². The predicted octanol–water partition coefficient (Wildman–Crippen LogP) is 6.70. The van der Waals surface area contributed by atoms with Gasteiger partial charge in [0.05, 0.1) is 34.4 Å². The summed E-state index contributed by atoms with van der Waals surface area (Å²) in [4.78, 5) is 0. The maximum atomic E-state index is 8.77. The zero-order chi connectivity index (χ0) is 17.5. The second-order valence-electron chi connectivity index (χ2n) is 5.41. The highest BCUT2D eigenvalue weighted by Crippen LogP contribution is 2.23. The SMILES string of the molecule is Cc1ccc(N=Nc2ccc(N=Nc3ccc(C#N)cc3)cc2)cc1. The van der Waals surface area contributed by atoms with Crippen LogP contribution in [-0.2, 0) is 0 Å². The van der Waals surface area contributed by atoms with Crippen molar-refractivity contribution in [2.45, 2.75) is 6.92 Å². The van der Waals surface area contributed by atoms with Crippen LogP contribution in [0.5, 0.6) is 0 Å². The largest absolute Gasteiger partial charge is 0.192 e. The zero-order valence-electron chi connectivity index (χ0n) is 13.7. The number of nitriles is 1. The average molecular weight is 325 g/mol. The number of hydrogen-bond acceptors (Lipinski definition) is 5. The van der Waals surface area contributed by atoms with Crippen LogP contribution in [0.25, 0.3) is 0 Å². The lowest BCUT2D eigenvalue weighted by molar-refractivity contribution is 1.21. The van der Waals surface area contributed by atoms with E-state index in [9.17, 15) is 0 Å². The molecule has 0 aliphatic heterocycles. The van der Waals surface area contributed by atoms with Crippen molar-refractivity contribution in [1.29, 1.82) is 5.26 Å². The third-order valence-electron chi connectivity index (χ3n) is 3.44. The molecule has 0 aliphatic rings. The van der Waals surface area contributed by atoms with E-state index >= 15 is 0 Å². The van der Waals surface area contributed by atoms with Gasteiger partial charge in [-0.1, -0.05) is 17.7 Å². The summed E-state index contributed by atoms with van der Waals surface area (Å²) >= 11 is 0. The van der Waals surface area contributed by atoms with Crippen LogP contribution in [0.1, 0.15) is 11.1 Å². The molecule has 0 fully saturated rings. The summed E-state index contributed by atoms with van der Waals surface area (Å²) in [6.45, 7) is 2.03. The van der Waals surface area contributed by atoms with E-state index < -0.39 is 0 Å². The maximum absolute atomic E-state index is 8.77. The summed E-state index contributed by atoms with van der Waals surface area (Å²) in [6.07, 6.45) is 0. The molecule has 0 unspecified atom stereocenters. The van der Waals surface area contributed by atoms with Gasteiger partial charge in [0, 0.05) is 0 Å². The van der Waals surface area contributed by atoms with Crippen LogP contribution in [0.4, 0.5) is 22.7 Å². The van der Waals surface area contributed by atoms with E-state index in [1.54, 1.807) is 24.3 Å². The minimum absolute atomic E-state index is 0.599. The lowest BCUT2D eigenvalue weighted by Gasteiger charge is -1.96. The van der Waals surface area contributed by atoms with Crippen LogP contribution in [0.15, 0.2) is 93.3 Å². The second-order valence-corrected chi connectivity index (χ2v) is 5.41. The average Bonchev–Trinajstić information content (AvgIpc) is 2.67. The molecule has 0 bridgehead atoms. The highest BCUT2D eigenvalue weighted by Gasteiger charge is 1.95. The van der Waals surface area contributed by atoms with E-state index in [0.29, 0.717) is 11.3 Å². The molecule has 5 nitrogen and oxygen atoms in total. The van der Waals surface area contributed by atoms with Gasteiger partial charge in [-0.2, -0.15) is 25.7 Å². The summed E-state index contributed by atoms with van der Waals surface area (Å²) in [6, 6.07) is 24.2. The Morgan fingerprint density at radius 2 is 0.880 bits per heavy atom. The molecule has 120 valence electrons. The van der Waals surface area contributed by atoms with Gasteiger partial charge >= 0.3 is 0 Å². The van der Waals surface area contributed by atoms with Crippen LogP contribution in [0.3, 0.4) is 0 Å². The Balaban J connectivity index is 1.66. The van der Waals surface area contributed by atoms with Crippen molar-refractivity contribution in [3.63, 3.8) is 0 Å². The van der Waals surface area contributed by atoms with Crippen LogP contribution in [-0.4, -0.2) is 0 Å². The van der Waals surface area contributed by atoms with Crippen molar-refractivity contribution in [1.82, 2.24) is 0 Å².